The van der Waals surface area contributed by atoms with Crippen molar-refractivity contribution in [1.82, 2.24) is 10.6 Å². The third kappa shape index (κ3) is 4.74. The summed E-state index contributed by atoms with van der Waals surface area (Å²) in [5, 5.41) is 6.94. The third-order valence-corrected chi connectivity index (χ3v) is 4.22. The first-order valence-electron chi connectivity index (χ1n) is 7.57. The standard InChI is InChI=1S/C17H20Cl2N2O2/c1-3-9-20-17(22)11(2)21-10-12-7-8-15(23-12)13-5-4-6-14(18)16(13)19/h4-8,11,21H,3,9-10H2,1-2H3,(H,20,22)/t11-/m0/s1. The van der Waals surface area contributed by atoms with Crippen LogP contribution in [0.25, 0.3) is 11.3 Å². The highest BCUT2D eigenvalue weighted by atomic mass is 35.5. The topological polar surface area (TPSA) is 54.3 Å². The summed E-state index contributed by atoms with van der Waals surface area (Å²) in [6.07, 6.45) is 0.917. The van der Waals surface area contributed by atoms with Gasteiger partial charge in [-0.25, -0.2) is 0 Å². The van der Waals surface area contributed by atoms with Gasteiger partial charge in [-0.3, -0.25) is 10.1 Å². The molecular weight excluding hydrogens is 335 g/mol. The summed E-state index contributed by atoms with van der Waals surface area (Å²) in [6.45, 7) is 4.98. The zero-order chi connectivity index (χ0) is 16.8. The van der Waals surface area contributed by atoms with Gasteiger partial charge >= 0.3 is 0 Å². The first-order chi connectivity index (χ1) is 11.0. The van der Waals surface area contributed by atoms with Crippen molar-refractivity contribution in [2.24, 2.45) is 0 Å². The van der Waals surface area contributed by atoms with Crippen molar-refractivity contribution >= 4 is 29.1 Å². The van der Waals surface area contributed by atoms with Crippen molar-refractivity contribution < 1.29 is 9.21 Å². The maximum absolute atomic E-state index is 11.8. The number of carbonyl (C=O) groups excluding carboxylic acids is 1. The predicted octanol–water partition coefficient (Wildman–Crippen LogP) is 4.26. The summed E-state index contributed by atoms with van der Waals surface area (Å²) in [5.74, 6) is 1.36. The first-order valence-corrected chi connectivity index (χ1v) is 8.32. The largest absolute Gasteiger partial charge is 0.460 e. The van der Waals surface area contributed by atoms with Gasteiger partial charge in [0.05, 0.1) is 22.6 Å². The van der Waals surface area contributed by atoms with Gasteiger partial charge in [-0.15, -0.1) is 0 Å². The Morgan fingerprint density at radius 1 is 1.26 bits per heavy atom. The Hall–Kier alpha value is -1.49. The molecule has 0 saturated carbocycles. The van der Waals surface area contributed by atoms with E-state index in [2.05, 4.69) is 10.6 Å². The van der Waals surface area contributed by atoms with E-state index in [0.29, 0.717) is 28.9 Å². The third-order valence-electron chi connectivity index (χ3n) is 3.40. The molecule has 0 fully saturated rings. The van der Waals surface area contributed by atoms with E-state index in [4.69, 9.17) is 27.6 Å². The molecule has 0 aliphatic heterocycles. The molecule has 2 N–H and O–H groups in total. The Morgan fingerprint density at radius 2 is 2.04 bits per heavy atom. The van der Waals surface area contributed by atoms with E-state index in [1.807, 2.05) is 38.1 Å². The monoisotopic (exact) mass is 354 g/mol. The van der Waals surface area contributed by atoms with Crippen molar-refractivity contribution in [3.63, 3.8) is 0 Å². The number of rotatable bonds is 7. The molecule has 0 bridgehead atoms. The molecule has 0 aliphatic rings. The van der Waals surface area contributed by atoms with Gasteiger partial charge in [-0.05, 0) is 37.6 Å². The lowest BCUT2D eigenvalue weighted by molar-refractivity contribution is -0.122. The van der Waals surface area contributed by atoms with E-state index in [1.165, 1.54) is 0 Å². The molecule has 6 heteroatoms. The minimum Gasteiger partial charge on any atom is -0.460 e. The number of carbonyl (C=O) groups is 1. The average Bonchev–Trinajstić information content (AvgIpc) is 3.01. The van der Waals surface area contributed by atoms with Gasteiger partial charge in [-0.1, -0.05) is 36.2 Å². The van der Waals surface area contributed by atoms with E-state index in [-0.39, 0.29) is 11.9 Å². The molecule has 1 heterocycles. The van der Waals surface area contributed by atoms with Crippen LogP contribution in [0.3, 0.4) is 0 Å². The fourth-order valence-corrected chi connectivity index (χ4v) is 2.45. The molecule has 0 unspecified atom stereocenters. The number of benzene rings is 1. The van der Waals surface area contributed by atoms with Gasteiger partial charge in [0.2, 0.25) is 5.91 Å². The van der Waals surface area contributed by atoms with Crippen molar-refractivity contribution in [2.45, 2.75) is 32.9 Å². The van der Waals surface area contributed by atoms with Crippen LogP contribution in [0.5, 0.6) is 0 Å². The average molecular weight is 355 g/mol. The van der Waals surface area contributed by atoms with Gasteiger partial charge in [-0.2, -0.15) is 0 Å². The molecular formula is C17H20Cl2N2O2. The van der Waals surface area contributed by atoms with Crippen molar-refractivity contribution in [2.75, 3.05) is 6.54 Å². The van der Waals surface area contributed by atoms with Gasteiger partial charge < -0.3 is 9.73 Å². The van der Waals surface area contributed by atoms with Crippen LogP contribution in [-0.4, -0.2) is 18.5 Å². The van der Waals surface area contributed by atoms with Crippen LogP contribution >= 0.6 is 23.2 Å². The maximum atomic E-state index is 11.8. The Morgan fingerprint density at radius 3 is 2.78 bits per heavy atom. The smallest absolute Gasteiger partial charge is 0.236 e. The summed E-state index contributed by atoms with van der Waals surface area (Å²) >= 11 is 12.2. The highest BCUT2D eigenvalue weighted by Gasteiger charge is 2.14. The second kappa shape index (κ2) is 8.39. The molecule has 0 aliphatic carbocycles. The molecule has 0 radical (unpaired) electrons. The van der Waals surface area contributed by atoms with Crippen LogP contribution < -0.4 is 10.6 Å². The Labute approximate surface area is 146 Å². The molecule has 4 nitrogen and oxygen atoms in total. The zero-order valence-electron chi connectivity index (χ0n) is 13.2. The Bertz CT molecular complexity index is 670. The number of hydrogen-bond donors (Lipinski definition) is 2. The fraction of sp³-hybridized carbons (Fsp3) is 0.353. The summed E-state index contributed by atoms with van der Waals surface area (Å²) in [6, 6.07) is 8.82. The van der Waals surface area contributed by atoms with Crippen LogP contribution in [0.4, 0.5) is 0 Å². The van der Waals surface area contributed by atoms with Crippen molar-refractivity contribution in [1.29, 1.82) is 0 Å². The second-order valence-electron chi connectivity index (χ2n) is 5.26. The minimum absolute atomic E-state index is 0.0171. The molecule has 0 spiro atoms. The molecule has 0 saturated heterocycles. The van der Waals surface area contributed by atoms with E-state index < -0.39 is 0 Å². The quantitative estimate of drug-likeness (QED) is 0.780. The van der Waals surface area contributed by atoms with Crippen LogP contribution in [0, 0.1) is 0 Å². The maximum Gasteiger partial charge on any atom is 0.236 e. The molecule has 2 aromatic rings. The normalized spacial score (nSPS) is 12.2. The zero-order valence-corrected chi connectivity index (χ0v) is 14.7. The van der Waals surface area contributed by atoms with Crippen molar-refractivity contribution in [3.8, 4) is 11.3 Å². The molecule has 1 aromatic heterocycles. The van der Waals surface area contributed by atoms with Crippen LogP contribution in [-0.2, 0) is 11.3 Å². The molecule has 23 heavy (non-hydrogen) atoms. The SMILES string of the molecule is CCCNC(=O)[C@H](C)NCc1ccc(-c2cccc(Cl)c2Cl)o1. The molecule has 1 amide bonds. The van der Waals surface area contributed by atoms with E-state index >= 15 is 0 Å². The van der Waals surface area contributed by atoms with Gasteiger partial charge in [0.25, 0.3) is 0 Å². The Balaban J connectivity index is 1.97. The van der Waals surface area contributed by atoms with Crippen LogP contribution in [0.2, 0.25) is 10.0 Å². The molecule has 2 rings (SSSR count). The number of furan rings is 1. The highest BCUT2D eigenvalue weighted by molar-refractivity contribution is 6.43. The van der Waals surface area contributed by atoms with Crippen LogP contribution in [0.15, 0.2) is 34.7 Å². The summed E-state index contributed by atoms with van der Waals surface area (Å²) in [4.78, 5) is 11.8. The fourth-order valence-electron chi connectivity index (χ4n) is 2.06. The highest BCUT2D eigenvalue weighted by Crippen LogP contribution is 2.34. The van der Waals surface area contributed by atoms with Gasteiger partial charge in [0.15, 0.2) is 0 Å². The van der Waals surface area contributed by atoms with E-state index in [9.17, 15) is 4.79 Å². The summed E-state index contributed by atoms with van der Waals surface area (Å²) < 4.78 is 5.78. The number of halogens is 2. The lowest BCUT2D eigenvalue weighted by Gasteiger charge is -2.12. The van der Waals surface area contributed by atoms with E-state index in [0.717, 1.165) is 17.7 Å². The molecule has 1 atom stereocenters. The number of nitrogens with one attached hydrogen (secondary N) is 2. The van der Waals surface area contributed by atoms with Gasteiger partial charge in [0.1, 0.15) is 11.5 Å². The molecule has 124 valence electrons. The lowest BCUT2D eigenvalue weighted by atomic mass is 10.2. The van der Waals surface area contributed by atoms with E-state index in [1.54, 1.807) is 6.07 Å². The predicted molar refractivity (Wildman–Crippen MR) is 93.8 cm³/mol. The Kier molecular flexibility index (Phi) is 6.51. The number of hydrogen-bond acceptors (Lipinski definition) is 3. The lowest BCUT2D eigenvalue weighted by Crippen LogP contribution is -2.41. The molecule has 1 aromatic carbocycles. The minimum atomic E-state index is -0.287. The number of amides is 1. The first kappa shape index (κ1) is 17.9. The summed E-state index contributed by atoms with van der Waals surface area (Å²) in [7, 11) is 0. The summed E-state index contributed by atoms with van der Waals surface area (Å²) in [5.41, 5.74) is 0.749. The van der Waals surface area contributed by atoms with Gasteiger partial charge in [0, 0.05) is 12.1 Å². The van der Waals surface area contributed by atoms with Crippen molar-refractivity contribution in [3.05, 3.63) is 46.1 Å². The van der Waals surface area contributed by atoms with Crippen LogP contribution in [0.1, 0.15) is 26.0 Å². The second-order valence-corrected chi connectivity index (χ2v) is 6.05.